The van der Waals surface area contributed by atoms with E-state index in [4.69, 9.17) is 5.73 Å². The molecule has 0 atom stereocenters. The van der Waals surface area contributed by atoms with Crippen LogP contribution in [0.1, 0.15) is 18.1 Å². The molecule has 12 heavy (non-hydrogen) atoms. The van der Waals surface area contributed by atoms with E-state index in [1.54, 1.807) is 12.1 Å². The van der Waals surface area contributed by atoms with Crippen molar-refractivity contribution in [3.63, 3.8) is 0 Å². The molecule has 0 saturated carbocycles. The van der Waals surface area contributed by atoms with Crippen molar-refractivity contribution < 1.29 is 5.11 Å². The molecule has 0 fully saturated rings. The van der Waals surface area contributed by atoms with Gasteiger partial charge in [0.25, 0.3) is 0 Å². The van der Waals surface area contributed by atoms with E-state index in [9.17, 15) is 5.11 Å². The number of phenolic OH excluding ortho intramolecular Hbond substituents is 1. The van der Waals surface area contributed by atoms with Crippen molar-refractivity contribution in [1.29, 1.82) is 0 Å². The van der Waals surface area contributed by atoms with Gasteiger partial charge in [0.15, 0.2) is 0 Å². The lowest BCUT2D eigenvalue weighted by atomic mass is 10.1. The zero-order valence-corrected chi connectivity index (χ0v) is 7.38. The summed E-state index contributed by atoms with van der Waals surface area (Å²) in [5.74, 6) is 0.345. The van der Waals surface area contributed by atoms with E-state index in [1.165, 1.54) is 5.56 Å². The van der Waals surface area contributed by atoms with E-state index in [1.807, 2.05) is 0 Å². The second kappa shape index (κ2) is 4.12. The summed E-state index contributed by atoms with van der Waals surface area (Å²) < 4.78 is 0. The highest BCUT2D eigenvalue weighted by molar-refractivity contribution is 5.33. The Morgan fingerprint density at radius 1 is 1.25 bits per heavy atom. The fraction of sp³-hybridized carbons (Fsp3) is 0.400. The first-order chi connectivity index (χ1) is 5.76. The van der Waals surface area contributed by atoms with Crippen LogP contribution in [0.5, 0.6) is 5.75 Å². The van der Waals surface area contributed by atoms with Crippen LogP contribution in [0.3, 0.4) is 0 Å². The minimum absolute atomic E-state index is 0.345. The molecule has 1 aromatic rings. The average Bonchev–Trinajstić information content (AvgIpc) is 2.04. The van der Waals surface area contributed by atoms with Gasteiger partial charge >= 0.3 is 0 Å². The van der Waals surface area contributed by atoms with Gasteiger partial charge in [-0.2, -0.15) is 0 Å². The largest absolute Gasteiger partial charge is 0.508 e. The SMILES string of the molecule is CCc1cc(O)cc(CCN)c1. The number of hydrogen-bond acceptors (Lipinski definition) is 2. The van der Waals surface area contributed by atoms with Gasteiger partial charge < -0.3 is 10.8 Å². The van der Waals surface area contributed by atoms with Gasteiger partial charge in [0.1, 0.15) is 5.75 Å². The Morgan fingerprint density at radius 2 is 1.92 bits per heavy atom. The first-order valence-electron chi connectivity index (χ1n) is 4.28. The standard InChI is InChI=1S/C10H15NO/c1-2-8-5-9(3-4-11)7-10(12)6-8/h5-7,12H,2-4,11H2,1H3. The maximum absolute atomic E-state index is 9.31. The lowest BCUT2D eigenvalue weighted by Gasteiger charge is -2.03. The summed E-state index contributed by atoms with van der Waals surface area (Å²) in [6.07, 6.45) is 1.79. The summed E-state index contributed by atoms with van der Waals surface area (Å²) >= 11 is 0. The third kappa shape index (κ3) is 2.24. The molecule has 1 aromatic carbocycles. The van der Waals surface area contributed by atoms with Crippen LogP contribution in [-0.4, -0.2) is 11.7 Å². The van der Waals surface area contributed by atoms with E-state index in [-0.39, 0.29) is 0 Å². The third-order valence-corrected chi connectivity index (χ3v) is 1.88. The van der Waals surface area contributed by atoms with Gasteiger partial charge in [-0.25, -0.2) is 0 Å². The van der Waals surface area contributed by atoms with Crippen molar-refractivity contribution >= 4 is 0 Å². The summed E-state index contributed by atoms with van der Waals surface area (Å²) in [6.45, 7) is 2.70. The molecule has 66 valence electrons. The Morgan fingerprint density at radius 3 is 2.50 bits per heavy atom. The first-order valence-corrected chi connectivity index (χ1v) is 4.28. The molecule has 2 heteroatoms. The maximum Gasteiger partial charge on any atom is 0.116 e. The minimum atomic E-state index is 0.345. The number of aromatic hydroxyl groups is 1. The van der Waals surface area contributed by atoms with Crippen LogP contribution in [-0.2, 0) is 12.8 Å². The highest BCUT2D eigenvalue weighted by atomic mass is 16.3. The Kier molecular flexibility index (Phi) is 3.11. The fourth-order valence-electron chi connectivity index (χ4n) is 1.26. The summed E-state index contributed by atoms with van der Waals surface area (Å²) in [6, 6.07) is 5.65. The van der Waals surface area contributed by atoms with E-state index in [0.717, 1.165) is 18.4 Å². The van der Waals surface area contributed by atoms with Crippen LogP contribution in [0.2, 0.25) is 0 Å². The van der Waals surface area contributed by atoms with Crippen LogP contribution in [0.15, 0.2) is 18.2 Å². The van der Waals surface area contributed by atoms with Gasteiger partial charge in [0, 0.05) is 0 Å². The maximum atomic E-state index is 9.31. The number of aryl methyl sites for hydroxylation is 1. The van der Waals surface area contributed by atoms with Gasteiger partial charge in [0.05, 0.1) is 0 Å². The smallest absolute Gasteiger partial charge is 0.116 e. The molecule has 0 radical (unpaired) electrons. The van der Waals surface area contributed by atoms with Crippen molar-refractivity contribution in [2.45, 2.75) is 19.8 Å². The Labute approximate surface area is 73.0 Å². The van der Waals surface area contributed by atoms with Gasteiger partial charge in [0.2, 0.25) is 0 Å². The molecule has 0 aliphatic rings. The Bertz CT molecular complexity index is 258. The predicted octanol–water partition coefficient (Wildman–Crippen LogP) is 1.46. The molecule has 2 nitrogen and oxygen atoms in total. The molecule has 1 rings (SSSR count). The highest BCUT2D eigenvalue weighted by Gasteiger charge is 1.97. The molecule has 0 unspecified atom stereocenters. The predicted molar refractivity (Wildman–Crippen MR) is 50.2 cm³/mol. The molecule has 0 saturated heterocycles. The minimum Gasteiger partial charge on any atom is -0.508 e. The van der Waals surface area contributed by atoms with Crippen molar-refractivity contribution in [1.82, 2.24) is 0 Å². The van der Waals surface area contributed by atoms with Crippen molar-refractivity contribution in [3.05, 3.63) is 29.3 Å². The summed E-state index contributed by atoms with van der Waals surface area (Å²) in [4.78, 5) is 0. The van der Waals surface area contributed by atoms with Crippen LogP contribution in [0, 0.1) is 0 Å². The van der Waals surface area contributed by atoms with Crippen LogP contribution < -0.4 is 5.73 Å². The molecular formula is C10H15NO. The molecule has 3 N–H and O–H groups in total. The molecule has 0 bridgehead atoms. The number of benzene rings is 1. The quantitative estimate of drug-likeness (QED) is 0.712. The van der Waals surface area contributed by atoms with E-state index >= 15 is 0 Å². The van der Waals surface area contributed by atoms with E-state index < -0.39 is 0 Å². The zero-order chi connectivity index (χ0) is 8.97. The lowest BCUT2D eigenvalue weighted by Crippen LogP contribution is -2.02. The molecule has 0 aliphatic heterocycles. The van der Waals surface area contributed by atoms with E-state index in [0.29, 0.717) is 12.3 Å². The average molecular weight is 165 g/mol. The second-order valence-corrected chi connectivity index (χ2v) is 2.90. The van der Waals surface area contributed by atoms with Crippen LogP contribution in [0.25, 0.3) is 0 Å². The lowest BCUT2D eigenvalue weighted by molar-refractivity contribution is 0.474. The molecular weight excluding hydrogens is 150 g/mol. The number of phenols is 1. The number of nitrogens with two attached hydrogens (primary N) is 1. The van der Waals surface area contributed by atoms with Gasteiger partial charge in [-0.15, -0.1) is 0 Å². The number of rotatable bonds is 3. The van der Waals surface area contributed by atoms with Crippen molar-refractivity contribution in [2.24, 2.45) is 5.73 Å². The molecule has 0 aliphatic carbocycles. The van der Waals surface area contributed by atoms with E-state index in [2.05, 4.69) is 13.0 Å². The monoisotopic (exact) mass is 165 g/mol. The van der Waals surface area contributed by atoms with Crippen molar-refractivity contribution in [2.75, 3.05) is 6.54 Å². The topological polar surface area (TPSA) is 46.2 Å². The van der Waals surface area contributed by atoms with Crippen LogP contribution in [0.4, 0.5) is 0 Å². The third-order valence-electron chi connectivity index (χ3n) is 1.88. The molecule has 0 aromatic heterocycles. The van der Waals surface area contributed by atoms with Gasteiger partial charge in [-0.3, -0.25) is 0 Å². The highest BCUT2D eigenvalue weighted by Crippen LogP contribution is 2.16. The first kappa shape index (κ1) is 9.07. The van der Waals surface area contributed by atoms with Crippen LogP contribution >= 0.6 is 0 Å². The molecule has 0 amide bonds. The fourth-order valence-corrected chi connectivity index (χ4v) is 1.26. The summed E-state index contributed by atoms with van der Waals surface area (Å²) in [5, 5.41) is 9.31. The second-order valence-electron chi connectivity index (χ2n) is 2.90. The summed E-state index contributed by atoms with van der Waals surface area (Å²) in [5.41, 5.74) is 7.71. The Hall–Kier alpha value is -1.02. The van der Waals surface area contributed by atoms with Crippen molar-refractivity contribution in [3.8, 4) is 5.75 Å². The van der Waals surface area contributed by atoms with Gasteiger partial charge in [-0.05, 0) is 42.6 Å². The molecule has 0 spiro atoms. The number of hydrogen-bond donors (Lipinski definition) is 2. The zero-order valence-electron chi connectivity index (χ0n) is 7.38. The Balaban J connectivity index is 2.90. The van der Waals surface area contributed by atoms with Gasteiger partial charge in [-0.1, -0.05) is 13.0 Å². The molecule has 0 heterocycles. The summed E-state index contributed by atoms with van der Waals surface area (Å²) in [7, 11) is 0. The normalized spacial score (nSPS) is 10.2.